The molecule has 3 amide bonds. The third-order valence-corrected chi connectivity index (χ3v) is 13.4. The van der Waals surface area contributed by atoms with Crippen LogP contribution in [0.15, 0.2) is 24.7 Å². The van der Waals surface area contributed by atoms with Gasteiger partial charge in [-0.1, -0.05) is 50.7 Å². The molecular weight excluding hydrogens is 895 g/mol. The number of hydrogen-bond donors (Lipinski definition) is 10. The zero-order chi connectivity index (χ0) is 49.1. The van der Waals surface area contributed by atoms with Crippen molar-refractivity contribution in [1.29, 1.82) is 0 Å². The van der Waals surface area contributed by atoms with E-state index in [1.165, 1.54) is 20.0 Å². The van der Waals surface area contributed by atoms with Gasteiger partial charge in [0.05, 0.1) is 36.7 Å². The van der Waals surface area contributed by atoms with Gasteiger partial charge in [0.15, 0.2) is 18.7 Å². The minimum atomic E-state index is -1.69. The van der Waals surface area contributed by atoms with Gasteiger partial charge < -0.3 is 75.4 Å². The molecule has 23 heteroatoms. The molecule has 68 heavy (non-hydrogen) atoms. The second-order valence-electron chi connectivity index (χ2n) is 18.4. The highest BCUT2D eigenvalue weighted by molar-refractivity contribution is 5.95. The van der Waals surface area contributed by atoms with E-state index in [1.807, 2.05) is 6.92 Å². The van der Waals surface area contributed by atoms with Crippen LogP contribution in [0.5, 0.6) is 0 Å². The first-order valence-electron chi connectivity index (χ1n) is 23.7. The first kappa shape index (κ1) is 53.1. The number of nitrogens with one attached hydrogen (secondary N) is 3. The summed E-state index contributed by atoms with van der Waals surface area (Å²) in [5.74, 6) is -3.85. The number of nitrogens with zero attached hydrogens (tertiary/aromatic N) is 4. The van der Waals surface area contributed by atoms with Crippen LogP contribution in [0.1, 0.15) is 95.3 Å². The van der Waals surface area contributed by atoms with Crippen molar-refractivity contribution < 1.29 is 78.6 Å². The lowest BCUT2D eigenvalue weighted by Gasteiger charge is -2.49. The van der Waals surface area contributed by atoms with Crippen molar-refractivity contribution in [3.05, 3.63) is 30.2 Å². The third-order valence-electron chi connectivity index (χ3n) is 13.4. The van der Waals surface area contributed by atoms with Gasteiger partial charge in [0.25, 0.3) is 5.91 Å². The van der Waals surface area contributed by atoms with Crippen LogP contribution in [0.3, 0.4) is 0 Å². The number of carboxylic acid groups (broad SMARTS) is 1. The van der Waals surface area contributed by atoms with E-state index in [0.29, 0.717) is 30.6 Å². The fraction of sp³-hybridized carbons (Fsp3) is 0.756. The zero-order valence-corrected chi connectivity index (χ0v) is 38.7. The smallest absolute Gasteiger partial charge is 0.332 e. The number of carboxylic acids is 1. The van der Waals surface area contributed by atoms with E-state index < -0.39 is 122 Å². The standard InChI is InChI=1S/C45H69N7O16/c1-4-26-16-27(41(60)47-11-12-48-42(61)29-17-28(19-46-20-29)30-21-52(51-50-30)13-8-14-53)18-31(39(26)68-45-38(59)37(58)35(56)23(2)64-45)66-44-34(49-24(3)55)40(36(57)33(22-54)67-44)65-32(43(62)63)15-25-9-6-5-7-10-25/h17,19-21,23,25-27,31-40,44-45,53-54,56-59H,4-16,18,22H2,1-3H3,(H,47,60)(H,48,61)(H,49,55)(H,62,63)/t23?,26-,27?,31?,32+,33+,34?,35?,36?,37?,38?,39?,40?,44-,45?/m1/s1. The van der Waals surface area contributed by atoms with Crippen molar-refractivity contribution in [2.24, 2.45) is 17.8 Å². The second kappa shape index (κ2) is 25.0. The van der Waals surface area contributed by atoms with Gasteiger partial charge in [0.2, 0.25) is 11.8 Å². The number of aryl methyl sites for hydroxylation is 1. The Morgan fingerprint density at radius 3 is 2.35 bits per heavy atom. The SMILES string of the molecule is CC[C@@H]1CC(C(=O)NCCNC(=O)c2cncc(-c3cn(CCCO)nn3)c2)CC(O[C@@H]2O[C@@H](CO)C(O)C(O[C@@H](CC3CCCCC3)C(=O)O)C2NC(C)=O)C1OC1OC(C)C(O)C(O)C1O. The van der Waals surface area contributed by atoms with Crippen molar-refractivity contribution >= 4 is 23.7 Å². The molecule has 4 fully saturated rings. The molecule has 4 aliphatic rings. The number of pyridine rings is 1. The molecule has 2 saturated heterocycles. The molecule has 0 radical (unpaired) electrons. The molecule has 2 saturated carbocycles. The molecule has 2 aromatic heterocycles. The Labute approximate surface area is 394 Å². The highest BCUT2D eigenvalue weighted by Gasteiger charge is 2.53. The molecule has 6 rings (SSSR count). The molecule has 0 aromatic carbocycles. The van der Waals surface area contributed by atoms with Crippen LogP contribution in [0.2, 0.25) is 0 Å². The van der Waals surface area contributed by atoms with Crippen molar-refractivity contribution in [2.45, 2.75) is 171 Å². The van der Waals surface area contributed by atoms with Gasteiger partial charge in [0, 0.05) is 57.0 Å². The maximum Gasteiger partial charge on any atom is 0.332 e. The fourth-order valence-electron chi connectivity index (χ4n) is 9.66. The van der Waals surface area contributed by atoms with Crippen LogP contribution in [0.4, 0.5) is 0 Å². The molecule has 15 atom stereocenters. The second-order valence-corrected chi connectivity index (χ2v) is 18.4. The normalized spacial score (nSPS) is 32.8. The van der Waals surface area contributed by atoms with Gasteiger partial charge in [-0.3, -0.25) is 24.0 Å². The van der Waals surface area contributed by atoms with Crippen molar-refractivity contribution in [3.63, 3.8) is 0 Å². The predicted octanol–water partition coefficient (Wildman–Crippen LogP) is -1.01. The van der Waals surface area contributed by atoms with E-state index in [9.17, 15) is 49.8 Å². The lowest BCUT2D eigenvalue weighted by Crippen LogP contribution is -2.67. The Hall–Kier alpha value is -4.27. The summed E-state index contributed by atoms with van der Waals surface area (Å²) in [5.41, 5.74) is 1.30. The van der Waals surface area contributed by atoms with E-state index in [-0.39, 0.29) is 50.4 Å². The minimum absolute atomic E-state index is 0.00415. The monoisotopic (exact) mass is 963 g/mol. The highest BCUT2D eigenvalue weighted by Crippen LogP contribution is 2.40. The summed E-state index contributed by atoms with van der Waals surface area (Å²) in [6, 6.07) is 0.271. The zero-order valence-electron chi connectivity index (χ0n) is 38.7. The van der Waals surface area contributed by atoms with Gasteiger partial charge in [-0.15, -0.1) is 5.10 Å². The quantitative estimate of drug-likeness (QED) is 0.0671. The molecule has 10 N–H and O–H groups in total. The highest BCUT2D eigenvalue weighted by atomic mass is 16.7. The Morgan fingerprint density at radius 1 is 0.912 bits per heavy atom. The summed E-state index contributed by atoms with van der Waals surface area (Å²) in [6.45, 7) is 4.38. The van der Waals surface area contributed by atoms with Crippen LogP contribution in [0, 0.1) is 17.8 Å². The summed E-state index contributed by atoms with van der Waals surface area (Å²) in [7, 11) is 0. The Balaban J connectivity index is 1.19. The molecule has 2 aliphatic heterocycles. The maximum absolute atomic E-state index is 14.0. The predicted molar refractivity (Wildman–Crippen MR) is 236 cm³/mol. The van der Waals surface area contributed by atoms with E-state index in [2.05, 4.69) is 31.2 Å². The number of ether oxygens (including phenoxy) is 5. The molecule has 11 unspecified atom stereocenters. The Morgan fingerprint density at radius 2 is 1.66 bits per heavy atom. The topological polar surface area (TPSA) is 336 Å². The van der Waals surface area contributed by atoms with Crippen LogP contribution in [-0.2, 0) is 44.6 Å². The fourth-order valence-corrected chi connectivity index (χ4v) is 9.66. The van der Waals surface area contributed by atoms with E-state index >= 15 is 0 Å². The summed E-state index contributed by atoms with van der Waals surface area (Å²) in [4.78, 5) is 56.8. The van der Waals surface area contributed by atoms with Gasteiger partial charge in [-0.05, 0) is 50.5 Å². The average Bonchev–Trinajstić information content (AvgIpc) is 3.81. The summed E-state index contributed by atoms with van der Waals surface area (Å²) < 4.78 is 32.8. The van der Waals surface area contributed by atoms with Crippen LogP contribution in [-0.4, -0.2) is 185 Å². The third kappa shape index (κ3) is 13.5. The van der Waals surface area contributed by atoms with E-state index in [1.54, 1.807) is 23.1 Å². The van der Waals surface area contributed by atoms with Gasteiger partial charge in [-0.25, -0.2) is 4.79 Å². The number of carbonyl (C=O) groups is 4. The van der Waals surface area contributed by atoms with Gasteiger partial charge >= 0.3 is 5.97 Å². The van der Waals surface area contributed by atoms with Crippen LogP contribution < -0.4 is 16.0 Å². The van der Waals surface area contributed by atoms with E-state index in [4.69, 9.17) is 28.8 Å². The van der Waals surface area contributed by atoms with Crippen LogP contribution in [0.25, 0.3) is 11.3 Å². The van der Waals surface area contributed by atoms with Gasteiger partial charge in [0.1, 0.15) is 48.4 Å². The maximum atomic E-state index is 14.0. The number of aliphatic hydroxyl groups is 6. The molecule has 4 heterocycles. The summed E-state index contributed by atoms with van der Waals surface area (Å²) >= 11 is 0. The van der Waals surface area contributed by atoms with Crippen LogP contribution >= 0.6 is 0 Å². The lowest BCUT2D eigenvalue weighted by molar-refractivity contribution is -0.338. The number of hydrogen-bond acceptors (Lipinski definition) is 18. The minimum Gasteiger partial charge on any atom is -0.479 e. The summed E-state index contributed by atoms with van der Waals surface area (Å²) in [5, 5.41) is 89.9. The molecule has 2 aromatic rings. The molecule has 2 aliphatic carbocycles. The Kier molecular flexibility index (Phi) is 19.5. The molecule has 380 valence electrons. The number of rotatable bonds is 21. The number of aromatic nitrogens is 4. The number of amides is 3. The first-order valence-corrected chi connectivity index (χ1v) is 23.7. The lowest BCUT2D eigenvalue weighted by atomic mass is 9.75. The van der Waals surface area contributed by atoms with Crippen molar-refractivity contribution in [3.8, 4) is 11.3 Å². The number of aliphatic carboxylic acids is 1. The molecular formula is C45H69N7O16. The first-order chi connectivity index (χ1) is 32.6. The molecule has 23 nitrogen and oxygen atoms in total. The number of aliphatic hydroxyl groups excluding tert-OH is 6. The van der Waals surface area contributed by atoms with Crippen molar-refractivity contribution in [2.75, 3.05) is 26.3 Å². The average molecular weight is 964 g/mol. The Bertz CT molecular complexity index is 1960. The largest absolute Gasteiger partial charge is 0.479 e. The molecule has 0 spiro atoms. The molecule has 0 bridgehead atoms. The van der Waals surface area contributed by atoms with Gasteiger partial charge in [-0.2, -0.15) is 0 Å². The summed E-state index contributed by atoms with van der Waals surface area (Å²) in [6.07, 6.45) is -6.08. The van der Waals surface area contributed by atoms with E-state index in [0.717, 1.165) is 32.1 Å². The van der Waals surface area contributed by atoms with Crippen molar-refractivity contribution in [1.82, 2.24) is 35.9 Å². The number of carbonyl (C=O) groups excluding carboxylic acids is 3.